The summed E-state index contributed by atoms with van der Waals surface area (Å²) in [7, 11) is 0. The van der Waals surface area contributed by atoms with Gasteiger partial charge in [0.15, 0.2) is 0 Å². The molecule has 0 unspecified atom stereocenters. The van der Waals surface area contributed by atoms with Gasteiger partial charge in [-0.2, -0.15) is 0 Å². The molecule has 6 nitrogen and oxygen atoms in total. The number of halogens is 1. The first-order chi connectivity index (χ1) is 16.6. The van der Waals surface area contributed by atoms with Gasteiger partial charge in [-0.15, -0.1) is 0 Å². The monoisotopic (exact) mass is 520 g/mol. The minimum absolute atomic E-state index is 0.132. The first kappa shape index (κ1) is 23.8. The molecule has 0 aromatic heterocycles. The van der Waals surface area contributed by atoms with Crippen molar-refractivity contribution < 1.29 is 9.59 Å². The standard InChI is InChI=1S/C27H29BrN4O2/c28-21-10-7-11-22(18-21)30-27(34)31-23-12-13-25(32-16-5-2-6-17-32)24(19-23)26(33)29-15-14-20-8-3-1-4-9-20/h1,3-4,7-13,18-19H,2,5-6,14-17H2,(H,29,33)(H2,30,31,34). The molecule has 0 bridgehead atoms. The van der Waals surface area contributed by atoms with Gasteiger partial charge in [-0.1, -0.05) is 52.3 Å². The van der Waals surface area contributed by atoms with E-state index in [2.05, 4.69) is 48.9 Å². The first-order valence-corrected chi connectivity index (χ1v) is 12.4. The molecule has 7 heteroatoms. The molecule has 0 spiro atoms. The summed E-state index contributed by atoms with van der Waals surface area (Å²) in [6.45, 7) is 2.41. The summed E-state index contributed by atoms with van der Waals surface area (Å²) in [5.74, 6) is -0.132. The van der Waals surface area contributed by atoms with Crippen molar-refractivity contribution >= 4 is 44.9 Å². The predicted molar refractivity (Wildman–Crippen MR) is 142 cm³/mol. The Bertz CT molecular complexity index is 1130. The van der Waals surface area contributed by atoms with Crippen molar-refractivity contribution in [2.75, 3.05) is 35.2 Å². The van der Waals surface area contributed by atoms with E-state index in [1.165, 1.54) is 12.0 Å². The molecule has 34 heavy (non-hydrogen) atoms. The quantitative estimate of drug-likeness (QED) is 0.354. The number of nitrogens with one attached hydrogen (secondary N) is 3. The van der Waals surface area contributed by atoms with Crippen molar-refractivity contribution in [2.24, 2.45) is 0 Å². The van der Waals surface area contributed by atoms with Gasteiger partial charge in [0.2, 0.25) is 0 Å². The normalized spacial score (nSPS) is 13.3. The van der Waals surface area contributed by atoms with Crippen LogP contribution in [0.3, 0.4) is 0 Å². The highest BCUT2D eigenvalue weighted by Gasteiger charge is 2.19. The second-order valence-electron chi connectivity index (χ2n) is 8.36. The summed E-state index contributed by atoms with van der Waals surface area (Å²) >= 11 is 3.40. The lowest BCUT2D eigenvalue weighted by atomic mass is 10.1. The van der Waals surface area contributed by atoms with Gasteiger partial charge < -0.3 is 20.9 Å². The molecule has 176 valence electrons. The van der Waals surface area contributed by atoms with E-state index in [-0.39, 0.29) is 11.9 Å². The van der Waals surface area contributed by atoms with Gasteiger partial charge >= 0.3 is 6.03 Å². The maximum absolute atomic E-state index is 13.2. The smallest absolute Gasteiger partial charge is 0.323 e. The molecule has 1 aliphatic rings. The van der Waals surface area contributed by atoms with Crippen LogP contribution >= 0.6 is 15.9 Å². The third-order valence-corrected chi connectivity index (χ3v) is 6.31. The van der Waals surface area contributed by atoms with Crippen LogP contribution in [0.5, 0.6) is 0 Å². The van der Waals surface area contributed by atoms with Crippen LogP contribution in [0.4, 0.5) is 21.9 Å². The fourth-order valence-corrected chi connectivity index (χ4v) is 4.53. The first-order valence-electron chi connectivity index (χ1n) is 11.6. The van der Waals surface area contributed by atoms with Gasteiger partial charge in [-0.25, -0.2) is 4.79 Å². The number of carbonyl (C=O) groups is 2. The van der Waals surface area contributed by atoms with E-state index in [0.29, 0.717) is 23.5 Å². The topological polar surface area (TPSA) is 73.5 Å². The highest BCUT2D eigenvalue weighted by atomic mass is 79.9. The predicted octanol–water partition coefficient (Wildman–Crippen LogP) is 6.06. The van der Waals surface area contributed by atoms with Crippen LogP contribution in [0.15, 0.2) is 77.3 Å². The highest BCUT2D eigenvalue weighted by molar-refractivity contribution is 9.10. The van der Waals surface area contributed by atoms with Crippen LogP contribution < -0.4 is 20.9 Å². The van der Waals surface area contributed by atoms with Gasteiger partial charge in [0.25, 0.3) is 5.91 Å². The van der Waals surface area contributed by atoms with Gasteiger partial charge in [0.05, 0.1) is 5.56 Å². The number of urea groups is 1. The molecular formula is C27H29BrN4O2. The van der Waals surface area contributed by atoms with E-state index in [0.717, 1.165) is 42.5 Å². The fourth-order valence-electron chi connectivity index (χ4n) is 4.13. The Morgan fingerprint density at radius 3 is 2.29 bits per heavy atom. The maximum atomic E-state index is 13.2. The molecule has 1 saturated heterocycles. The summed E-state index contributed by atoms with van der Waals surface area (Å²) in [6, 6.07) is 22.7. The second kappa shape index (κ2) is 11.7. The number of hydrogen-bond donors (Lipinski definition) is 3. The Hall–Kier alpha value is -3.32. The minimum Gasteiger partial charge on any atom is -0.371 e. The average Bonchev–Trinajstić information content (AvgIpc) is 2.85. The Morgan fingerprint density at radius 1 is 0.824 bits per heavy atom. The van der Waals surface area contributed by atoms with Crippen LogP contribution in [0.1, 0.15) is 35.2 Å². The van der Waals surface area contributed by atoms with Crippen molar-refractivity contribution in [1.29, 1.82) is 0 Å². The molecule has 1 heterocycles. The average molecular weight is 521 g/mol. The van der Waals surface area contributed by atoms with E-state index in [4.69, 9.17) is 0 Å². The SMILES string of the molecule is O=C(Nc1cccc(Br)c1)Nc1ccc(N2CCCCC2)c(C(=O)NCCc2ccccc2)c1. The molecule has 3 aromatic carbocycles. The number of amides is 3. The number of hydrogen-bond acceptors (Lipinski definition) is 3. The lowest BCUT2D eigenvalue weighted by molar-refractivity contribution is 0.0954. The number of anilines is 3. The lowest BCUT2D eigenvalue weighted by Gasteiger charge is -2.30. The van der Waals surface area contributed by atoms with Crippen molar-refractivity contribution in [2.45, 2.75) is 25.7 Å². The number of piperidine rings is 1. The van der Waals surface area contributed by atoms with Gasteiger partial charge in [0.1, 0.15) is 0 Å². The third kappa shape index (κ3) is 6.60. The third-order valence-electron chi connectivity index (χ3n) is 5.82. The van der Waals surface area contributed by atoms with Crippen LogP contribution in [0, 0.1) is 0 Å². The number of rotatable bonds is 7. The van der Waals surface area contributed by atoms with Gasteiger partial charge in [0, 0.05) is 41.2 Å². The molecule has 0 atom stereocenters. The molecule has 3 N–H and O–H groups in total. The van der Waals surface area contributed by atoms with Crippen molar-refractivity contribution in [3.8, 4) is 0 Å². The molecule has 0 radical (unpaired) electrons. The van der Waals surface area contributed by atoms with Crippen LogP contribution in [0.25, 0.3) is 0 Å². The minimum atomic E-state index is -0.362. The Labute approximate surface area is 208 Å². The fraction of sp³-hybridized carbons (Fsp3) is 0.259. The Balaban J connectivity index is 1.47. The summed E-state index contributed by atoms with van der Waals surface area (Å²) in [4.78, 5) is 28.0. The largest absolute Gasteiger partial charge is 0.371 e. The van der Waals surface area contributed by atoms with Crippen LogP contribution in [0.2, 0.25) is 0 Å². The zero-order valence-corrected chi connectivity index (χ0v) is 20.6. The summed E-state index contributed by atoms with van der Waals surface area (Å²) < 4.78 is 0.880. The van der Waals surface area contributed by atoms with Crippen molar-refractivity contribution in [3.05, 3.63) is 88.4 Å². The van der Waals surface area contributed by atoms with E-state index in [9.17, 15) is 9.59 Å². The molecule has 3 amide bonds. The summed E-state index contributed by atoms with van der Waals surface area (Å²) in [5, 5.41) is 8.73. The maximum Gasteiger partial charge on any atom is 0.323 e. The molecule has 0 saturated carbocycles. The molecule has 1 fully saturated rings. The molecular weight excluding hydrogens is 492 g/mol. The lowest BCUT2D eigenvalue weighted by Crippen LogP contribution is -2.33. The van der Waals surface area contributed by atoms with Crippen LogP contribution in [-0.2, 0) is 6.42 Å². The number of carbonyl (C=O) groups excluding carboxylic acids is 2. The van der Waals surface area contributed by atoms with E-state index in [1.54, 1.807) is 6.07 Å². The zero-order chi connectivity index (χ0) is 23.8. The molecule has 4 rings (SSSR count). The number of nitrogens with zero attached hydrogens (tertiary/aromatic N) is 1. The van der Waals surface area contributed by atoms with Crippen molar-refractivity contribution in [1.82, 2.24) is 5.32 Å². The molecule has 0 aliphatic carbocycles. The van der Waals surface area contributed by atoms with Gasteiger partial charge in [-0.05, 0) is 67.6 Å². The molecule has 3 aromatic rings. The Kier molecular flexibility index (Phi) is 8.20. The van der Waals surface area contributed by atoms with E-state index >= 15 is 0 Å². The zero-order valence-electron chi connectivity index (χ0n) is 19.0. The van der Waals surface area contributed by atoms with E-state index < -0.39 is 0 Å². The summed E-state index contributed by atoms with van der Waals surface area (Å²) in [5.41, 5.74) is 3.92. The van der Waals surface area contributed by atoms with Crippen molar-refractivity contribution in [3.63, 3.8) is 0 Å². The highest BCUT2D eigenvalue weighted by Crippen LogP contribution is 2.27. The second-order valence-corrected chi connectivity index (χ2v) is 9.28. The Morgan fingerprint density at radius 2 is 1.56 bits per heavy atom. The number of benzene rings is 3. The van der Waals surface area contributed by atoms with E-state index in [1.807, 2.05) is 54.6 Å². The van der Waals surface area contributed by atoms with Crippen LogP contribution in [-0.4, -0.2) is 31.6 Å². The molecule has 1 aliphatic heterocycles. The van der Waals surface area contributed by atoms with Gasteiger partial charge in [-0.3, -0.25) is 4.79 Å². The summed E-state index contributed by atoms with van der Waals surface area (Å²) in [6.07, 6.45) is 4.21.